The summed E-state index contributed by atoms with van der Waals surface area (Å²) in [5, 5.41) is 2.80. The third kappa shape index (κ3) is 2.95. The van der Waals surface area contributed by atoms with E-state index in [4.69, 9.17) is 0 Å². The van der Waals surface area contributed by atoms with Crippen LogP contribution < -0.4 is 5.32 Å². The number of hydrogen-bond donors (Lipinski definition) is 1. The quantitative estimate of drug-likeness (QED) is 0.673. The topological polar surface area (TPSA) is 58.6 Å². The van der Waals surface area contributed by atoms with Crippen molar-refractivity contribution in [3.63, 3.8) is 0 Å². The lowest BCUT2D eigenvalue weighted by Crippen LogP contribution is -2.43. The zero-order chi connectivity index (χ0) is 12.1. The molecule has 0 aliphatic carbocycles. The summed E-state index contributed by atoms with van der Waals surface area (Å²) in [6.07, 6.45) is 0.820. The van der Waals surface area contributed by atoms with Gasteiger partial charge in [-0.3, -0.25) is 14.5 Å². The van der Waals surface area contributed by atoms with Gasteiger partial charge in [-0.15, -0.1) is 0 Å². The summed E-state index contributed by atoms with van der Waals surface area (Å²) >= 11 is 0. The minimum Gasteiger partial charge on any atom is -0.469 e. The van der Waals surface area contributed by atoms with Gasteiger partial charge in [0.15, 0.2) is 0 Å². The number of ether oxygens (including phenoxy) is 1. The second-order valence-electron chi connectivity index (χ2n) is 4.11. The molecule has 1 saturated heterocycles. The monoisotopic (exact) mass is 228 g/mol. The number of methoxy groups -OCH3 is 1. The number of rotatable bonds is 5. The van der Waals surface area contributed by atoms with Gasteiger partial charge in [0.05, 0.1) is 19.1 Å². The van der Waals surface area contributed by atoms with Crippen LogP contribution in [0.15, 0.2) is 0 Å². The van der Waals surface area contributed by atoms with E-state index in [-0.39, 0.29) is 23.8 Å². The number of nitrogens with zero attached hydrogens (tertiary/aromatic N) is 1. The van der Waals surface area contributed by atoms with E-state index in [1.54, 1.807) is 0 Å². The molecule has 1 aliphatic heterocycles. The minimum absolute atomic E-state index is 0.0684. The molecule has 1 heterocycles. The van der Waals surface area contributed by atoms with Crippen molar-refractivity contribution in [3.8, 4) is 0 Å². The van der Waals surface area contributed by atoms with Crippen LogP contribution in [0, 0.1) is 5.92 Å². The first-order chi connectivity index (χ1) is 7.60. The van der Waals surface area contributed by atoms with Crippen LogP contribution >= 0.6 is 0 Å². The predicted molar refractivity (Wildman–Crippen MR) is 59.8 cm³/mol. The predicted octanol–water partition coefficient (Wildman–Crippen LogP) is 0.00590. The van der Waals surface area contributed by atoms with E-state index < -0.39 is 0 Å². The Labute approximate surface area is 96.1 Å². The summed E-state index contributed by atoms with van der Waals surface area (Å²) < 4.78 is 4.68. The highest BCUT2D eigenvalue weighted by Gasteiger charge is 2.31. The maximum absolute atomic E-state index is 11.5. The molecule has 0 radical (unpaired) electrons. The molecule has 2 atom stereocenters. The van der Waals surface area contributed by atoms with E-state index in [2.05, 4.69) is 10.1 Å². The number of esters is 1. The average Bonchev–Trinajstić information content (AvgIpc) is 2.70. The van der Waals surface area contributed by atoms with Crippen LogP contribution in [0.3, 0.4) is 0 Å². The third-order valence-electron chi connectivity index (χ3n) is 2.98. The van der Waals surface area contributed by atoms with E-state index in [0.29, 0.717) is 6.54 Å². The molecule has 1 amide bonds. The van der Waals surface area contributed by atoms with Gasteiger partial charge in [-0.2, -0.15) is 0 Å². The van der Waals surface area contributed by atoms with E-state index in [0.717, 1.165) is 19.5 Å². The molecule has 0 saturated carbocycles. The van der Waals surface area contributed by atoms with E-state index in [1.807, 2.05) is 18.7 Å². The molecule has 0 aromatic heterocycles. The van der Waals surface area contributed by atoms with E-state index >= 15 is 0 Å². The van der Waals surface area contributed by atoms with Crippen molar-refractivity contribution in [3.05, 3.63) is 0 Å². The summed E-state index contributed by atoms with van der Waals surface area (Å²) in [7, 11) is 1.39. The van der Waals surface area contributed by atoms with Gasteiger partial charge >= 0.3 is 5.97 Å². The summed E-state index contributed by atoms with van der Waals surface area (Å²) in [6.45, 7) is 5.88. The van der Waals surface area contributed by atoms with Crippen LogP contribution in [0.25, 0.3) is 0 Å². The second-order valence-corrected chi connectivity index (χ2v) is 4.11. The first-order valence-corrected chi connectivity index (χ1v) is 5.69. The first-order valence-electron chi connectivity index (χ1n) is 5.69. The Bertz CT molecular complexity index is 268. The first kappa shape index (κ1) is 13.0. The molecular formula is C11H20N2O3. The van der Waals surface area contributed by atoms with E-state index in [1.165, 1.54) is 7.11 Å². The lowest BCUT2D eigenvalue weighted by Gasteiger charge is -2.27. The van der Waals surface area contributed by atoms with Crippen molar-refractivity contribution in [1.29, 1.82) is 0 Å². The van der Waals surface area contributed by atoms with E-state index in [9.17, 15) is 9.59 Å². The molecule has 1 N–H and O–H groups in total. The summed E-state index contributed by atoms with van der Waals surface area (Å²) in [5.74, 6) is -0.353. The summed E-state index contributed by atoms with van der Waals surface area (Å²) in [5.41, 5.74) is 0. The molecule has 0 aromatic rings. The zero-order valence-corrected chi connectivity index (χ0v) is 10.2. The number of nitrogens with one attached hydrogen (secondary N) is 1. The van der Waals surface area contributed by atoms with Crippen LogP contribution in [0.1, 0.15) is 20.3 Å². The molecule has 1 aliphatic rings. The molecule has 5 nitrogen and oxygen atoms in total. The molecule has 0 aromatic carbocycles. The number of likely N-dealkylation sites (N-methyl/N-ethyl adjacent to an activating group) is 1. The van der Waals surface area contributed by atoms with Gasteiger partial charge in [-0.05, 0) is 13.0 Å². The van der Waals surface area contributed by atoms with Gasteiger partial charge in [0.1, 0.15) is 0 Å². The van der Waals surface area contributed by atoms with Gasteiger partial charge < -0.3 is 10.1 Å². The van der Waals surface area contributed by atoms with Crippen molar-refractivity contribution in [2.75, 3.05) is 26.7 Å². The van der Waals surface area contributed by atoms with Gasteiger partial charge in [0, 0.05) is 13.1 Å². The molecule has 1 rings (SSSR count). The van der Waals surface area contributed by atoms with Crippen molar-refractivity contribution < 1.29 is 14.3 Å². The molecule has 92 valence electrons. The number of carbonyl (C=O) groups excluding carboxylic acids is 2. The Morgan fingerprint density at radius 1 is 1.69 bits per heavy atom. The van der Waals surface area contributed by atoms with Crippen LogP contribution in [0.5, 0.6) is 0 Å². The van der Waals surface area contributed by atoms with Crippen molar-refractivity contribution >= 4 is 11.9 Å². The minimum atomic E-state index is -0.225. The second kappa shape index (κ2) is 5.84. The molecule has 16 heavy (non-hydrogen) atoms. The third-order valence-corrected chi connectivity index (χ3v) is 2.98. The van der Waals surface area contributed by atoms with Gasteiger partial charge in [0.2, 0.25) is 5.91 Å². The average molecular weight is 228 g/mol. The Morgan fingerprint density at radius 3 is 2.81 bits per heavy atom. The fraction of sp³-hybridized carbons (Fsp3) is 0.818. The molecule has 0 unspecified atom stereocenters. The van der Waals surface area contributed by atoms with Crippen LogP contribution in [0.2, 0.25) is 0 Å². The molecule has 0 bridgehead atoms. The fourth-order valence-corrected chi connectivity index (χ4v) is 2.03. The normalized spacial score (nSPS) is 22.0. The fourth-order valence-electron chi connectivity index (χ4n) is 2.03. The van der Waals surface area contributed by atoms with Gasteiger partial charge in [-0.1, -0.05) is 13.8 Å². The Hall–Kier alpha value is -1.10. The highest BCUT2D eigenvalue weighted by molar-refractivity contribution is 5.83. The number of hydrogen-bond acceptors (Lipinski definition) is 4. The summed E-state index contributed by atoms with van der Waals surface area (Å²) in [4.78, 5) is 24.9. The Morgan fingerprint density at radius 2 is 2.38 bits per heavy atom. The Kier molecular flexibility index (Phi) is 4.73. The molecule has 5 heteroatoms. The van der Waals surface area contributed by atoms with Crippen molar-refractivity contribution in [2.45, 2.75) is 26.3 Å². The van der Waals surface area contributed by atoms with Crippen molar-refractivity contribution in [2.24, 2.45) is 5.92 Å². The number of amides is 1. The van der Waals surface area contributed by atoms with Crippen LogP contribution in [-0.2, 0) is 14.3 Å². The molecule has 1 fully saturated rings. The van der Waals surface area contributed by atoms with Gasteiger partial charge in [-0.25, -0.2) is 0 Å². The zero-order valence-electron chi connectivity index (χ0n) is 10.2. The SMILES string of the molecule is CCN(C[C@@H](C)C(=O)OC)[C@@H]1CCNC1=O. The summed E-state index contributed by atoms with van der Waals surface area (Å²) in [6, 6.07) is -0.0860. The Balaban J connectivity index is 2.54. The standard InChI is InChI=1S/C11H20N2O3/c1-4-13(7-8(2)11(15)16-3)9-5-6-12-10(9)14/h8-9H,4-7H2,1-3H3,(H,12,14)/t8-,9-/m1/s1. The largest absolute Gasteiger partial charge is 0.469 e. The van der Waals surface area contributed by atoms with Crippen LogP contribution in [0.4, 0.5) is 0 Å². The highest BCUT2D eigenvalue weighted by Crippen LogP contribution is 2.12. The molecule has 0 spiro atoms. The smallest absolute Gasteiger partial charge is 0.309 e. The van der Waals surface area contributed by atoms with Crippen LogP contribution in [-0.4, -0.2) is 49.6 Å². The number of carbonyl (C=O) groups is 2. The maximum atomic E-state index is 11.5. The highest BCUT2D eigenvalue weighted by atomic mass is 16.5. The lowest BCUT2D eigenvalue weighted by molar-refractivity contribution is -0.146. The maximum Gasteiger partial charge on any atom is 0.309 e. The lowest BCUT2D eigenvalue weighted by atomic mass is 10.1. The van der Waals surface area contributed by atoms with Crippen molar-refractivity contribution in [1.82, 2.24) is 10.2 Å². The molecular weight excluding hydrogens is 208 g/mol. The van der Waals surface area contributed by atoms with Gasteiger partial charge in [0.25, 0.3) is 0 Å².